The van der Waals surface area contributed by atoms with Gasteiger partial charge in [-0.05, 0) is 18.2 Å². The van der Waals surface area contributed by atoms with Crippen LogP contribution < -0.4 is 5.32 Å². The zero-order chi connectivity index (χ0) is 14.1. The normalized spacial score (nSPS) is 12.7. The number of hydrogen-bond donors (Lipinski definition) is 2. The Morgan fingerprint density at radius 3 is 3.20 bits per heavy atom. The van der Waals surface area contributed by atoms with Crippen LogP contribution in [0.15, 0.2) is 27.6 Å². The molecule has 1 amide bonds. The summed E-state index contributed by atoms with van der Waals surface area (Å²) in [6.45, 7) is 0.0850. The van der Waals surface area contributed by atoms with Crippen LogP contribution in [0.3, 0.4) is 0 Å². The monoisotopic (exact) mass is 310 g/mol. The van der Waals surface area contributed by atoms with E-state index in [1.54, 1.807) is 17.8 Å². The maximum absolute atomic E-state index is 11.9. The summed E-state index contributed by atoms with van der Waals surface area (Å²) in [6.07, 6.45) is 0. The number of nitrogens with zero attached hydrogens (tertiary/aromatic N) is 1. The molecule has 1 aromatic carbocycles. The van der Waals surface area contributed by atoms with E-state index < -0.39 is 0 Å². The van der Waals surface area contributed by atoms with Crippen molar-refractivity contribution in [1.29, 1.82) is 0 Å². The fraction of sp³-hybridized carbons (Fsp3) is 0.231. The summed E-state index contributed by atoms with van der Waals surface area (Å²) in [6, 6.07) is 5.52. The lowest BCUT2D eigenvalue weighted by molar-refractivity contribution is 0.0935. The van der Waals surface area contributed by atoms with Gasteiger partial charge < -0.3 is 14.9 Å². The molecule has 0 unspecified atom stereocenters. The molecule has 0 bridgehead atoms. The Morgan fingerprint density at radius 1 is 1.55 bits per heavy atom. The topological polar surface area (TPSA) is 75.4 Å². The molecule has 1 aromatic heterocycles. The number of thioether (sulfide) groups is 1. The van der Waals surface area contributed by atoms with Gasteiger partial charge in [0.15, 0.2) is 11.5 Å². The highest BCUT2D eigenvalue weighted by atomic mass is 35.5. The molecule has 0 fully saturated rings. The van der Waals surface area contributed by atoms with Crippen LogP contribution in [0.4, 0.5) is 0 Å². The van der Waals surface area contributed by atoms with Crippen LogP contribution in [0, 0.1) is 0 Å². The van der Waals surface area contributed by atoms with Gasteiger partial charge in [0.1, 0.15) is 0 Å². The quantitative estimate of drug-likeness (QED) is 0.910. The number of aromatic nitrogens is 1. The first-order chi connectivity index (χ1) is 9.70. The van der Waals surface area contributed by atoms with Crippen molar-refractivity contribution in [2.75, 3.05) is 13.2 Å². The van der Waals surface area contributed by atoms with Crippen LogP contribution in [-0.4, -0.2) is 29.3 Å². The molecule has 2 aromatic rings. The van der Waals surface area contributed by atoms with Crippen molar-refractivity contribution in [2.45, 2.75) is 10.6 Å². The van der Waals surface area contributed by atoms with E-state index in [1.165, 1.54) is 0 Å². The predicted octanol–water partition coefficient (Wildman–Crippen LogP) is 2.32. The zero-order valence-corrected chi connectivity index (χ0v) is 11.9. The minimum atomic E-state index is -0.331. The Labute approximate surface area is 124 Å². The summed E-state index contributed by atoms with van der Waals surface area (Å²) in [7, 11) is 0. The molecule has 0 aliphatic carbocycles. The summed E-state index contributed by atoms with van der Waals surface area (Å²) in [5.41, 5.74) is 1.95. The van der Waals surface area contributed by atoms with Crippen molar-refractivity contribution in [1.82, 2.24) is 10.5 Å². The number of benzene rings is 1. The molecule has 5 nitrogen and oxygen atoms in total. The largest absolute Gasteiger partial charge is 0.395 e. The second-order valence-corrected chi connectivity index (χ2v) is 5.70. The minimum Gasteiger partial charge on any atom is -0.395 e. The third-order valence-corrected chi connectivity index (χ3v) is 4.28. The van der Waals surface area contributed by atoms with Gasteiger partial charge in [-0.1, -0.05) is 16.8 Å². The molecular weight excluding hydrogens is 300 g/mol. The number of fused-ring (bicyclic) bond motifs is 3. The molecule has 2 N–H and O–H groups in total. The number of carbonyl (C=O) groups is 1. The maximum atomic E-state index is 11.9. The van der Waals surface area contributed by atoms with Crippen molar-refractivity contribution in [2.24, 2.45) is 0 Å². The first-order valence-electron chi connectivity index (χ1n) is 6.01. The summed E-state index contributed by atoms with van der Waals surface area (Å²) >= 11 is 7.56. The number of aliphatic hydroxyl groups excluding tert-OH is 1. The first kappa shape index (κ1) is 13.5. The number of carbonyl (C=O) groups excluding carboxylic acids is 1. The second-order valence-electron chi connectivity index (χ2n) is 4.25. The SMILES string of the molecule is O=C(NCCO)c1noc2c1CSc1cc(Cl)ccc1-2. The van der Waals surface area contributed by atoms with Crippen molar-refractivity contribution in [3.8, 4) is 11.3 Å². The average molecular weight is 311 g/mol. The van der Waals surface area contributed by atoms with Crippen LogP contribution in [-0.2, 0) is 5.75 Å². The van der Waals surface area contributed by atoms with Crippen LogP contribution in [0.2, 0.25) is 5.02 Å². The Kier molecular flexibility index (Phi) is 3.69. The van der Waals surface area contributed by atoms with Crippen LogP contribution in [0.5, 0.6) is 0 Å². The smallest absolute Gasteiger partial charge is 0.273 e. The van der Waals surface area contributed by atoms with E-state index in [9.17, 15) is 4.79 Å². The highest BCUT2D eigenvalue weighted by molar-refractivity contribution is 7.98. The van der Waals surface area contributed by atoms with Gasteiger partial charge in [0, 0.05) is 33.3 Å². The fourth-order valence-corrected chi connectivity index (χ4v) is 3.37. The van der Waals surface area contributed by atoms with Gasteiger partial charge in [0.25, 0.3) is 5.91 Å². The van der Waals surface area contributed by atoms with E-state index in [2.05, 4.69) is 10.5 Å². The van der Waals surface area contributed by atoms with Crippen molar-refractivity contribution in [3.63, 3.8) is 0 Å². The molecule has 0 saturated carbocycles. The first-order valence-corrected chi connectivity index (χ1v) is 7.37. The van der Waals surface area contributed by atoms with Gasteiger partial charge in [-0.3, -0.25) is 4.79 Å². The molecule has 0 saturated heterocycles. The molecule has 0 atom stereocenters. The number of rotatable bonds is 3. The summed E-state index contributed by atoms with van der Waals surface area (Å²) < 4.78 is 5.32. The zero-order valence-electron chi connectivity index (χ0n) is 10.4. The molecule has 2 heterocycles. The predicted molar refractivity (Wildman–Crippen MR) is 75.9 cm³/mol. The Morgan fingerprint density at radius 2 is 2.40 bits per heavy atom. The van der Waals surface area contributed by atoms with E-state index in [0.717, 1.165) is 16.0 Å². The fourth-order valence-electron chi connectivity index (χ4n) is 2.04. The van der Waals surface area contributed by atoms with E-state index in [1.807, 2.05) is 12.1 Å². The van der Waals surface area contributed by atoms with Crippen LogP contribution in [0.1, 0.15) is 16.1 Å². The van der Waals surface area contributed by atoms with Crippen molar-refractivity contribution in [3.05, 3.63) is 34.5 Å². The van der Waals surface area contributed by atoms with Gasteiger partial charge in [0.05, 0.1) is 6.61 Å². The number of aliphatic hydroxyl groups is 1. The van der Waals surface area contributed by atoms with E-state index in [0.29, 0.717) is 16.5 Å². The Balaban J connectivity index is 1.98. The molecule has 0 radical (unpaired) electrons. The van der Waals surface area contributed by atoms with Crippen LogP contribution in [0.25, 0.3) is 11.3 Å². The number of nitrogens with one attached hydrogen (secondary N) is 1. The summed E-state index contributed by atoms with van der Waals surface area (Å²) in [5, 5.41) is 15.8. The third kappa shape index (κ3) is 2.30. The van der Waals surface area contributed by atoms with E-state index >= 15 is 0 Å². The molecule has 104 valence electrons. The number of halogens is 1. The van der Waals surface area contributed by atoms with E-state index in [-0.39, 0.29) is 24.8 Å². The van der Waals surface area contributed by atoms with E-state index in [4.69, 9.17) is 21.2 Å². The second kappa shape index (κ2) is 5.47. The molecule has 3 rings (SSSR count). The maximum Gasteiger partial charge on any atom is 0.273 e. The molecular formula is C13H11ClN2O3S. The van der Waals surface area contributed by atoms with Gasteiger partial charge in [-0.2, -0.15) is 0 Å². The lowest BCUT2D eigenvalue weighted by Crippen LogP contribution is -2.27. The minimum absolute atomic E-state index is 0.109. The molecule has 7 heteroatoms. The van der Waals surface area contributed by atoms with Gasteiger partial charge >= 0.3 is 0 Å². The number of hydrogen-bond acceptors (Lipinski definition) is 5. The Bertz CT molecular complexity index is 672. The highest BCUT2D eigenvalue weighted by Crippen LogP contribution is 2.43. The molecule has 20 heavy (non-hydrogen) atoms. The standard InChI is InChI=1S/C13H11ClN2O3S/c14-7-1-2-8-10(5-7)20-6-9-11(16-19-12(8)9)13(18)15-3-4-17/h1-2,5,17H,3-4,6H2,(H,15,18). The van der Waals surface area contributed by atoms with Crippen molar-refractivity contribution >= 4 is 29.3 Å². The molecule has 1 aliphatic heterocycles. The van der Waals surface area contributed by atoms with Gasteiger partial charge in [0.2, 0.25) is 0 Å². The van der Waals surface area contributed by atoms with Crippen molar-refractivity contribution < 1.29 is 14.4 Å². The molecule has 0 spiro atoms. The third-order valence-electron chi connectivity index (χ3n) is 2.96. The molecule has 1 aliphatic rings. The van der Waals surface area contributed by atoms with Crippen LogP contribution >= 0.6 is 23.4 Å². The van der Waals surface area contributed by atoms with Gasteiger partial charge in [-0.25, -0.2) is 0 Å². The average Bonchev–Trinajstić information content (AvgIpc) is 2.88. The lowest BCUT2D eigenvalue weighted by Gasteiger charge is -2.14. The highest BCUT2D eigenvalue weighted by Gasteiger charge is 2.27. The summed E-state index contributed by atoms with van der Waals surface area (Å²) in [4.78, 5) is 12.9. The summed E-state index contributed by atoms with van der Waals surface area (Å²) in [5.74, 6) is 0.889. The Hall–Kier alpha value is -1.50. The lowest BCUT2D eigenvalue weighted by atomic mass is 10.1. The van der Waals surface area contributed by atoms with Gasteiger partial charge in [-0.15, -0.1) is 11.8 Å². The number of amides is 1.